The monoisotopic (exact) mass is 368 g/mol. The molecule has 0 unspecified atom stereocenters. The van der Waals surface area contributed by atoms with Crippen LogP contribution in [0.1, 0.15) is 63.4 Å². The number of nitrogens with one attached hydrogen (secondary N) is 1. The Morgan fingerprint density at radius 1 is 1.07 bits per heavy atom. The van der Waals surface area contributed by atoms with E-state index in [1.807, 2.05) is 35.2 Å². The quantitative estimate of drug-likeness (QED) is 0.861. The number of piperidine rings is 1. The molecule has 3 aliphatic rings. The summed E-state index contributed by atoms with van der Waals surface area (Å²) < 4.78 is 0. The van der Waals surface area contributed by atoms with Crippen LogP contribution in [0.2, 0.25) is 0 Å². The largest absolute Gasteiger partial charge is 0.353 e. The first kappa shape index (κ1) is 18.5. The fourth-order valence-electron chi connectivity index (χ4n) is 5.58. The van der Waals surface area contributed by atoms with Crippen molar-refractivity contribution in [3.63, 3.8) is 0 Å². The van der Waals surface area contributed by atoms with Crippen molar-refractivity contribution < 1.29 is 9.59 Å². The van der Waals surface area contributed by atoms with Crippen molar-refractivity contribution in [1.29, 1.82) is 0 Å². The van der Waals surface area contributed by atoms with Crippen LogP contribution in [-0.4, -0.2) is 35.8 Å². The molecule has 0 aromatic heterocycles. The van der Waals surface area contributed by atoms with Crippen molar-refractivity contribution in [2.75, 3.05) is 13.1 Å². The van der Waals surface area contributed by atoms with Crippen LogP contribution in [0.5, 0.6) is 0 Å². The molecule has 2 aliphatic carbocycles. The van der Waals surface area contributed by atoms with Gasteiger partial charge in [0.25, 0.3) is 0 Å². The summed E-state index contributed by atoms with van der Waals surface area (Å²) in [4.78, 5) is 27.7. The van der Waals surface area contributed by atoms with Gasteiger partial charge in [-0.1, -0.05) is 43.7 Å². The number of carbonyl (C=O) groups excluding carboxylic acids is 2. The molecule has 0 spiro atoms. The molecule has 2 bridgehead atoms. The van der Waals surface area contributed by atoms with Crippen LogP contribution in [0.4, 0.5) is 0 Å². The molecule has 3 fully saturated rings. The summed E-state index contributed by atoms with van der Waals surface area (Å²) in [6.07, 6.45) is 7.52. The van der Waals surface area contributed by atoms with Crippen LogP contribution in [0.3, 0.4) is 0 Å². The molecule has 0 radical (unpaired) electrons. The predicted octanol–water partition coefficient (Wildman–Crippen LogP) is 3.72. The molecule has 1 aromatic rings. The summed E-state index contributed by atoms with van der Waals surface area (Å²) >= 11 is 0. The van der Waals surface area contributed by atoms with Crippen LogP contribution >= 0.6 is 0 Å². The van der Waals surface area contributed by atoms with Gasteiger partial charge >= 0.3 is 0 Å². The number of nitrogens with zero attached hydrogens (tertiary/aromatic N) is 1. The Kier molecular flexibility index (Phi) is 5.51. The van der Waals surface area contributed by atoms with E-state index in [1.165, 1.54) is 19.3 Å². The van der Waals surface area contributed by atoms with E-state index in [4.69, 9.17) is 0 Å². The minimum Gasteiger partial charge on any atom is -0.353 e. The van der Waals surface area contributed by atoms with Gasteiger partial charge in [0, 0.05) is 25.0 Å². The number of hydrogen-bond acceptors (Lipinski definition) is 2. The third-order valence-corrected chi connectivity index (χ3v) is 7.14. The minimum atomic E-state index is -0.0496. The molecule has 2 saturated carbocycles. The Hall–Kier alpha value is -1.84. The summed E-state index contributed by atoms with van der Waals surface area (Å²) in [5.74, 6) is 2.16. The molecular formula is C23H32N2O2. The highest BCUT2D eigenvalue weighted by atomic mass is 16.2. The summed E-state index contributed by atoms with van der Waals surface area (Å²) in [6, 6.07) is 10.3. The summed E-state index contributed by atoms with van der Waals surface area (Å²) in [5, 5.41) is 3.30. The number of likely N-dealkylation sites (tertiary alicyclic amines) is 1. The number of rotatable bonds is 5. The molecule has 4 nitrogen and oxygen atoms in total. The maximum Gasteiger partial charge on any atom is 0.230 e. The van der Waals surface area contributed by atoms with E-state index >= 15 is 0 Å². The van der Waals surface area contributed by atoms with Crippen LogP contribution in [0.25, 0.3) is 0 Å². The average Bonchev–Trinajstić information content (AvgIpc) is 3.33. The van der Waals surface area contributed by atoms with Gasteiger partial charge in [0.15, 0.2) is 0 Å². The van der Waals surface area contributed by atoms with E-state index in [1.54, 1.807) is 0 Å². The molecule has 27 heavy (non-hydrogen) atoms. The first-order chi connectivity index (χ1) is 13.2. The molecule has 1 N–H and O–H groups in total. The summed E-state index contributed by atoms with van der Waals surface area (Å²) in [5.41, 5.74) is 1.11. The van der Waals surface area contributed by atoms with E-state index in [0.29, 0.717) is 5.92 Å². The van der Waals surface area contributed by atoms with Gasteiger partial charge in [0.05, 0.1) is 5.92 Å². The third kappa shape index (κ3) is 3.90. The van der Waals surface area contributed by atoms with Crippen molar-refractivity contribution >= 4 is 11.8 Å². The van der Waals surface area contributed by atoms with Crippen LogP contribution in [-0.2, 0) is 9.59 Å². The third-order valence-electron chi connectivity index (χ3n) is 7.14. The van der Waals surface area contributed by atoms with Gasteiger partial charge in [-0.3, -0.25) is 9.59 Å². The lowest BCUT2D eigenvalue weighted by atomic mass is 9.87. The van der Waals surface area contributed by atoms with E-state index in [0.717, 1.165) is 50.3 Å². The van der Waals surface area contributed by atoms with Crippen molar-refractivity contribution in [2.24, 2.45) is 17.8 Å². The van der Waals surface area contributed by atoms with Crippen LogP contribution in [0.15, 0.2) is 30.3 Å². The summed E-state index contributed by atoms with van der Waals surface area (Å²) in [6.45, 7) is 3.59. The Balaban J connectivity index is 1.28. The first-order valence-corrected chi connectivity index (χ1v) is 10.8. The van der Waals surface area contributed by atoms with Crippen molar-refractivity contribution in [3.8, 4) is 0 Å². The number of amides is 2. The maximum atomic E-state index is 13.0. The normalized spacial score (nSPS) is 28.9. The van der Waals surface area contributed by atoms with Gasteiger partial charge < -0.3 is 10.2 Å². The molecule has 4 rings (SSSR count). The molecule has 146 valence electrons. The van der Waals surface area contributed by atoms with Crippen molar-refractivity contribution in [2.45, 2.75) is 63.8 Å². The number of hydrogen-bond donors (Lipinski definition) is 1. The van der Waals surface area contributed by atoms with Gasteiger partial charge in [-0.05, 0) is 55.9 Å². The minimum absolute atomic E-state index is 0.0496. The number of benzene rings is 1. The lowest BCUT2D eigenvalue weighted by Gasteiger charge is -2.35. The highest BCUT2D eigenvalue weighted by molar-refractivity contribution is 5.84. The van der Waals surface area contributed by atoms with Crippen LogP contribution in [0, 0.1) is 17.8 Å². The van der Waals surface area contributed by atoms with Gasteiger partial charge in [0.1, 0.15) is 0 Å². The molecule has 4 heteroatoms. The molecule has 4 atom stereocenters. The zero-order valence-electron chi connectivity index (χ0n) is 16.4. The van der Waals surface area contributed by atoms with E-state index < -0.39 is 0 Å². The van der Waals surface area contributed by atoms with Crippen LogP contribution < -0.4 is 5.32 Å². The summed E-state index contributed by atoms with van der Waals surface area (Å²) in [7, 11) is 0. The second-order valence-corrected chi connectivity index (χ2v) is 8.76. The number of carbonyl (C=O) groups is 2. The predicted molar refractivity (Wildman–Crippen MR) is 106 cm³/mol. The van der Waals surface area contributed by atoms with Gasteiger partial charge in [-0.2, -0.15) is 0 Å². The van der Waals surface area contributed by atoms with Gasteiger partial charge in [-0.25, -0.2) is 0 Å². The fraction of sp³-hybridized carbons (Fsp3) is 0.652. The van der Waals surface area contributed by atoms with Crippen molar-refractivity contribution in [3.05, 3.63) is 35.9 Å². The first-order valence-electron chi connectivity index (χ1n) is 10.8. The second-order valence-electron chi connectivity index (χ2n) is 8.76. The zero-order chi connectivity index (χ0) is 18.8. The Labute approximate surface area is 162 Å². The molecule has 1 heterocycles. The van der Waals surface area contributed by atoms with E-state index in [-0.39, 0.29) is 29.7 Å². The average molecular weight is 369 g/mol. The molecule has 1 aromatic carbocycles. The smallest absolute Gasteiger partial charge is 0.230 e. The molecule has 2 amide bonds. The second kappa shape index (κ2) is 8.04. The topological polar surface area (TPSA) is 49.4 Å². The van der Waals surface area contributed by atoms with Gasteiger partial charge in [0.2, 0.25) is 11.8 Å². The fourth-order valence-corrected chi connectivity index (χ4v) is 5.58. The molecule has 1 aliphatic heterocycles. The maximum absolute atomic E-state index is 13.0. The molecule has 1 saturated heterocycles. The molecular weight excluding hydrogens is 336 g/mol. The zero-order valence-corrected chi connectivity index (χ0v) is 16.4. The lowest BCUT2D eigenvalue weighted by molar-refractivity contribution is -0.134. The Morgan fingerprint density at radius 3 is 2.41 bits per heavy atom. The van der Waals surface area contributed by atoms with Crippen molar-refractivity contribution in [1.82, 2.24) is 10.2 Å². The number of fused-ring (bicyclic) bond motifs is 2. The highest BCUT2D eigenvalue weighted by Crippen LogP contribution is 2.48. The Morgan fingerprint density at radius 2 is 1.81 bits per heavy atom. The van der Waals surface area contributed by atoms with E-state index in [2.05, 4.69) is 12.2 Å². The standard InChI is InChI=1S/C23H32N2O2/c1-2-20(17-6-4-3-5-7-17)23(27)25-12-10-19(11-13-25)24-22(26)21-15-16-8-9-18(21)14-16/h3-7,16,18-21H,2,8-15H2,1H3,(H,24,26)/t16-,18-,20-,21+/m0/s1. The van der Waals surface area contributed by atoms with Gasteiger partial charge in [-0.15, -0.1) is 0 Å². The Bertz CT molecular complexity index is 666. The highest BCUT2D eigenvalue weighted by Gasteiger charge is 2.43. The SMILES string of the molecule is CC[C@H](C(=O)N1CCC(NC(=O)[C@@H]2C[C@H]3CC[C@H]2C3)CC1)c1ccccc1. The van der Waals surface area contributed by atoms with E-state index in [9.17, 15) is 9.59 Å². The lowest BCUT2D eigenvalue weighted by Crippen LogP contribution is -2.49.